The lowest BCUT2D eigenvalue weighted by Crippen LogP contribution is -2.03. The van der Waals surface area contributed by atoms with E-state index in [-0.39, 0.29) is 5.97 Å². The zero-order chi connectivity index (χ0) is 13.9. The molecule has 4 nitrogen and oxygen atoms in total. The number of nitrogen functional groups attached to an aromatic ring is 1. The van der Waals surface area contributed by atoms with Gasteiger partial charge in [0.15, 0.2) is 0 Å². The Morgan fingerprint density at radius 1 is 1.11 bits per heavy atom. The van der Waals surface area contributed by atoms with Gasteiger partial charge in [-0.05, 0) is 44.0 Å². The molecule has 1 rings (SSSR count). The van der Waals surface area contributed by atoms with Crippen molar-refractivity contribution in [2.24, 2.45) is 0 Å². The molecular weight excluding hydrogens is 242 g/mol. The predicted octanol–water partition coefficient (Wildman–Crippen LogP) is 3.16. The van der Waals surface area contributed by atoms with E-state index in [1.54, 1.807) is 0 Å². The summed E-state index contributed by atoms with van der Waals surface area (Å²) in [6.45, 7) is 2.99. The zero-order valence-corrected chi connectivity index (χ0v) is 11.6. The number of nitrogens with two attached hydrogens (primary N) is 1. The lowest BCUT2D eigenvalue weighted by molar-refractivity contribution is -0.143. The summed E-state index contributed by atoms with van der Waals surface area (Å²) in [6.07, 6.45) is 4.50. The minimum atomic E-state index is -0.0966. The maximum Gasteiger partial charge on any atom is 0.305 e. The first-order valence-electron chi connectivity index (χ1n) is 6.86. The molecular formula is C15H23NO3. The smallest absolute Gasteiger partial charge is 0.305 e. The minimum Gasteiger partial charge on any atom is -0.494 e. The van der Waals surface area contributed by atoms with E-state index in [1.807, 2.05) is 31.2 Å². The molecule has 19 heavy (non-hydrogen) atoms. The Kier molecular flexibility index (Phi) is 7.47. The Morgan fingerprint density at radius 2 is 1.79 bits per heavy atom. The highest BCUT2D eigenvalue weighted by molar-refractivity contribution is 5.69. The number of unbranched alkanes of at least 4 members (excludes halogenated alkanes) is 3. The van der Waals surface area contributed by atoms with Crippen molar-refractivity contribution in [2.75, 3.05) is 18.9 Å². The molecule has 0 heterocycles. The molecule has 106 valence electrons. The van der Waals surface area contributed by atoms with Gasteiger partial charge in [-0.25, -0.2) is 0 Å². The molecule has 0 amide bonds. The van der Waals surface area contributed by atoms with Crippen LogP contribution in [0.25, 0.3) is 0 Å². The second-order valence-electron chi connectivity index (χ2n) is 4.39. The summed E-state index contributed by atoms with van der Waals surface area (Å²) < 4.78 is 10.4. The Balaban J connectivity index is 1.96. The topological polar surface area (TPSA) is 61.5 Å². The maximum absolute atomic E-state index is 11.1. The van der Waals surface area contributed by atoms with Crippen LogP contribution in [0.15, 0.2) is 24.3 Å². The molecule has 0 aliphatic rings. The molecule has 0 aliphatic carbocycles. The van der Waals surface area contributed by atoms with Crippen LogP contribution in [0.2, 0.25) is 0 Å². The number of benzene rings is 1. The second-order valence-corrected chi connectivity index (χ2v) is 4.39. The zero-order valence-electron chi connectivity index (χ0n) is 11.6. The van der Waals surface area contributed by atoms with Crippen molar-refractivity contribution in [1.82, 2.24) is 0 Å². The molecule has 2 N–H and O–H groups in total. The normalized spacial score (nSPS) is 10.2. The van der Waals surface area contributed by atoms with Gasteiger partial charge in [0.1, 0.15) is 5.75 Å². The maximum atomic E-state index is 11.1. The summed E-state index contributed by atoms with van der Waals surface area (Å²) >= 11 is 0. The van der Waals surface area contributed by atoms with Crippen molar-refractivity contribution in [1.29, 1.82) is 0 Å². The number of hydrogen-bond donors (Lipinski definition) is 1. The molecule has 1 aromatic rings. The van der Waals surface area contributed by atoms with Crippen molar-refractivity contribution < 1.29 is 14.3 Å². The molecule has 0 bridgehead atoms. The van der Waals surface area contributed by atoms with Gasteiger partial charge >= 0.3 is 5.97 Å². The van der Waals surface area contributed by atoms with Gasteiger partial charge in [0, 0.05) is 12.1 Å². The van der Waals surface area contributed by atoms with Crippen molar-refractivity contribution in [3.63, 3.8) is 0 Å². The Labute approximate surface area is 114 Å². The van der Waals surface area contributed by atoms with Gasteiger partial charge in [0.2, 0.25) is 0 Å². The molecule has 0 atom stereocenters. The summed E-state index contributed by atoms with van der Waals surface area (Å²) in [5.74, 6) is 0.751. The molecule has 0 radical (unpaired) electrons. The van der Waals surface area contributed by atoms with Crippen LogP contribution >= 0.6 is 0 Å². The van der Waals surface area contributed by atoms with Crippen LogP contribution in [0.1, 0.15) is 39.0 Å². The van der Waals surface area contributed by atoms with E-state index in [9.17, 15) is 4.79 Å². The number of hydrogen-bond acceptors (Lipinski definition) is 4. The van der Waals surface area contributed by atoms with Gasteiger partial charge in [-0.15, -0.1) is 0 Å². The minimum absolute atomic E-state index is 0.0966. The van der Waals surface area contributed by atoms with E-state index in [1.165, 1.54) is 0 Å². The van der Waals surface area contributed by atoms with Crippen LogP contribution in [0.3, 0.4) is 0 Å². The highest BCUT2D eigenvalue weighted by Gasteiger charge is 2.00. The molecule has 0 fully saturated rings. The number of ether oxygens (including phenoxy) is 2. The fraction of sp³-hybridized carbons (Fsp3) is 0.533. The quantitative estimate of drug-likeness (QED) is 0.423. The molecule has 1 aromatic carbocycles. The highest BCUT2D eigenvalue weighted by atomic mass is 16.5. The number of carbonyl (C=O) groups is 1. The van der Waals surface area contributed by atoms with E-state index in [2.05, 4.69) is 0 Å². The monoisotopic (exact) mass is 265 g/mol. The number of carbonyl (C=O) groups excluding carboxylic acids is 1. The summed E-state index contributed by atoms with van der Waals surface area (Å²) in [6, 6.07) is 7.40. The summed E-state index contributed by atoms with van der Waals surface area (Å²) in [5.41, 5.74) is 6.33. The molecule has 0 saturated carbocycles. The molecule has 0 aliphatic heterocycles. The third-order valence-corrected chi connectivity index (χ3v) is 2.73. The first kappa shape index (κ1) is 15.3. The fourth-order valence-corrected chi connectivity index (χ4v) is 1.71. The Morgan fingerprint density at radius 3 is 2.47 bits per heavy atom. The van der Waals surface area contributed by atoms with Gasteiger partial charge in [0.05, 0.1) is 13.2 Å². The van der Waals surface area contributed by atoms with Crippen LogP contribution in [-0.2, 0) is 9.53 Å². The molecule has 4 heteroatoms. The number of esters is 1. The second kappa shape index (κ2) is 9.25. The third-order valence-electron chi connectivity index (χ3n) is 2.73. The first-order valence-corrected chi connectivity index (χ1v) is 6.86. The molecule has 0 spiro atoms. The van der Waals surface area contributed by atoms with Crippen LogP contribution in [0.4, 0.5) is 5.69 Å². The molecule has 0 saturated heterocycles. The van der Waals surface area contributed by atoms with Gasteiger partial charge in [-0.1, -0.05) is 12.8 Å². The van der Waals surface area contributed by atoms with Crippen LogP contribution in [0.5, 0.6) is 5.75 Å². The van der Waals surface area contributed by atoms with Crippen molar-refractivity contribution >= 4 is 11.7 Å². The van der Waals surface area contributed by atoms with Crippen molar-refractivity contribution in [3.05, 3.63) is 24.3 Å². The van der Waals surface area contributed by atoms with Crippen molar-refractivity contribution in [3.8, 4) is 5.75 Å². The van der Waals surface area contributed by atoms with Gasteiger partial charge in [0.25, 0.3) is 0 Å². The Bertz CT molecular complexity index is 362. The standard InChI is InChI=1S/C15H23NO3/c1-2-18-15(17)7-5-3-4-6-12-19-14-10-8-13(16)9-11-14/h8-11H,2-7,12,16H2,1H3. The van der Waals surface area contributed by atoms with Crippen molar-refractivity contribution in [2.45, 2.75) is 39.0 Å². The lowest BCUT2D eigenvalue weighted by Gasteiger charge is -2.06. The van der Waals surface area contributed by atoms with Gasteiger partial charge in [-0.2, -0.15) is 0 Å². The van der Waals surface area contributed by atoms with E-state index in [0.717, 1.165) is 37.1 Å². The van der Waals surface area contributed by atoms with E-state index in [4.69, 9.17) is 15.2 Å². The highest BCUT2D eigenvalue weighted by Crippen LogP contribution is 2.13. The number of anilines is 1. The fourth-order valence-electron chi connectivity index (χ4n) is 1.71. The predicted molar refractivity (Wildman–Crippen MR) is 76.1 cm³/mol. The summed E-state index contributed by atoms with van der Waals surface area (Å²) in [7, 11) is 0. The van der Waals surface area contributed by atoms with E-state index >= 15 is 0 Å². The first-order chi connectivity index (χ1) is 9.22. The SMILES string of the molecule is CCOC(=O)CCCCCCOc1ccc(N)cc1. The van der Waals surface area contributed by atoms with Gasteiger partial charge in [-0.3, -0.25) is 4.79 Å². The van der Waals surface area contributed by atoms with E-state index < -0.39 is 0 Å². The van der Waals surface area contributed by atoms with Crippen LogP contribution in [0, 0.1) is 0 Å². The third kappa shape index (κ3) is 7.34. The molecule has 0 unspecified atom stereocenters. The lowest BCUT2D eigenvalue weighted by atomic mass is 10.1. The summed E-state index contributed by atoms with van der Waals surface area (Å²) in [4.78, 5) is 11.1. The average Bonchev–Trinajstić information content (AvgIpc) is 2.40. The number of rotatable bonds is 9. The van der Waals surface area contributed by atoms with Crippen LogP contribution < -0.4 is 10.5 Å². The Hall–Kier alpha value is -1.71. The summed E-state index contributed by atoms with van der Waals surface area (Å²) in [5, 5.41) is 0. The average molecular weight is 265 g/mol. The largest absolute Gasteiger partial charge is 0.494 e. The van der Waals surface area contributed by atoms with Gasteiger partial charge < -0.3 is 15.2 Å². The van der Waals surface area contributed by atoms with Crippen LogP contribution in [-0.4, -0.2) is 19.2 Å². The van der Waals surface area contributed by atoms with E-state index in [0.29, 0.717) is 19.6 Å². The molecule has 0 aromatic heterocycles.